The molecule has 0 radical (unpaired) electrons. The normalized spacial score (nSPS) is 24.0. The first kappa shape index (κ1) is 29.7. The van der Waals surface area contributed by atoms with Crippen LogP contribution in [0.5, 0.6) is 0 Å². The number of nitrogens with two attached hydrogens (primary N) is 1. The molecule has 3 unspecified atom stereocenters. The Morgan fingerprint density at radius 2 is 1.91 bits per heavy atom. The van der Waals surface area contributed by atoms with Crippen molar-refractivity contribution in [3.05, 3.63) is 32.6 Å². The van der Waals surface area contributed by atoms with Gasteiger partial charge in [-0.25, -0.2) is 18.5 Å². The SMILES string of the molecule is Cc1cn([C@H]2CC(O)[C@@H](COP(=O)(OCNC(=O)CN)OP(=O)(O)OP(=O)(O)O)O2)c(=O)[nH]c1=O. The molecular weight excluding hydrogens is 545 g/mol. The third-order valence-corrected chi connectivity index (χ3v) is 8.36. The minimum absolute atomic E-state index is 0.164. The van der Waals surface area contributed by atoms with Crippen molar-refractivity contribution in [1.29, 1.82) is 0 Å². The van der Waals surface area contributed by atoms with Crippen LogP contribution in [0.15, 0.2) is 15.8 Å². The number of nitrogens with zero attached hydrogens (tertiary/aromatic N) is 1. The third-order valence-electron chi connectivity index (χ3n) is 4.15. The fraction of sp³-hybridized carbons (Fsp3) is 0.615. The Labute approximate surface area is 195 Å². The second-order valence-electron chi connectivity index (χ2n) is 6.85. The summed E-state index contributed by atoms with van der Waals surface area (Å²) in [4.78, 5) is 63.7. The van der Waals surface area contributed by atoms with Crippen LogP contribution in [0.4, 0.5) is 0 Å². The van der Waals surface area contributed by atoms with Gasteiger partial charge in [0.1, 0.15) is 19.1 Å². The van der Waals surface area contributed by atoms with Crippen molar-refractivity contribution in [2.45, 2.75) is 31.8 Å². The predicted octanol–water partition coefficient (Wildman–Crippen LogP) is -2.11. The van der Waals surface area contributed by atoms with Gasteiger partial charge in [-0.3, -0.25) is 28.2 Å². The Morgan fingerprint density at radius 1 is 1.26 bits per heavy atom. The Bertz CT molecular complexity index is 1180. The molecule has 2 heterocycles. The molecule has 1 aromatic rings. The predicted molar refractivity (Wildman–Crippen MR) is 111 cm³/mol. The molecule has 1 amide bonds. The lowest BCUT2D eigenvalue weighted by Crippen LogP contribution is -2.33. The van der Waals surface area contributed by atoms with Crippen molar-refractivity contribution in [1.82, 2.24) is 14.9 Å². The van der Waals surface area contributed by atoms with Crippen LogP contribution in [-0.2, 0) is 40.9 Å². The first-order chi connectivity index (χ1) is 16.0. The lowest BCUT2D eigenvalue weighted by molar-refractivity contribution is -0.120. The molecule has 0 saturated carbocycles. The summed E-state index contributed by atoms with van der Waals surface area (Å²) in [6, 6.07) is 0. The number of aliphatic hydroxyl groups is 1. The number of amides is 1. The van der Waals surface area contributed by atoms with Gasteiger partial charge in [0, 0.05) is 18.2 Å². The summed E-state index contributed by atoms with van der Waals surface area (Å²) in [6.07, 6.45) is -2.80. The van der Waals surface area contributed by atoms with E-state index in [1.54, 1.807) is 0 Å². The summed E-state index contributed by atoms with van der Waals surface area (Å²) >= 11 is 0. The number of carbonyl (C=O) groups excluding carboxylic acids is 1. The average Bonchev–Trinajstić information content (AvgIpc) is 3.07. The Morgan fingerprint density at radius 3 is 2.51 bits per heavy atom. The van der Waals surface area contributed by atoms with Crippen LogP contribution in [0.25, 0.3) is 0 Å². The number of carbonyl (C=O) groups is 1. The molecule has 5 atom stereocenters. The summed E-state index contributed by atoms with van der Waals surface area (Å²) in [5.41, 5.74) is 3.75. The lowest BCUT2D eigenvalue weighted by Gasteiger charge is -2.22. The lowest BCUT2D eigenvalue weighted by atomic mass is 10.2. The number of rotatable bonds is 12. The average molecular weight is 568 g/mol. The van der Waals surface area contributed by atoms with E-state index in [-0.39, 0.29) is 12.0 Å². The number of aromatic amines is 1. The van der Waals surface area contributed by atoms with Crippen molar-refractivity contribution in [2.75, 3.05) is 19.9 Å². The number of nitrogens with one attached hydrogen (secondary N) is 2. The standard InChI is InChI=1S/C13H23N4O15P3/c1-7-4-17(13(21)16-12(7)20)11-2-8(18)9(30-11)5-28-35(27,29-6-15-10(19)3-14)32-34(25,26)31-33(22,23)24/h4,8-9,11,18H,2-3,5-6,14H2,1H3,(H,15,19)(H,25,26)(H,16,20,21)(H2,22,23,24)/t8?,9-,11-,35?/m1/s1. The molecule has 22 heteroatoms. The van der Waals surface area contributed by atoms with Crippen LogP contribution in [0.2, 0.25) is 0 Å². The smallest absolute Gasteiger partial charge is 0.390 e. The fourth-order valence-corrected chi connectivity index (χ4v) is 6.10. The maximum atomic E-state index is 12.8. The highest BCUT2D eigenvalue weighted by atomic mass is 31.3. The fourth-order valence-electron chi connectivity index (χ4n) is 2.62. The zero-order chi connectivity index (χ0) is 26.6. The molecule has 0 spiro atoms. The van der Waals surface area contributed by atoms with Gasteiger partial charge in [-0.05, 0) is 6.92 Å². The number of hydrogen-bond acceptors (Lipinski definition) is 13. The van der Waals surface area contributed by atoms with Gasteiger partial charge in [-0.15, -0.1) is 0 Å². The van der Waals surface area contributed by atoms with E-state index in [1.807, 2.05) is 10.3 Å². The van der Waals surface area contributed by atoms with E-state index in [9.17, 15) is 38.1 Å². The summed E-state index contributed by atoms with van der Waals surface area (Å²) in [5, 5.41) is 12.2. The minimum atomic E-state index is -5.76. The third kappa shape index (κ3) is 9.11. The largest absolute Gasteiger partial charge is 0.490 e. The zero-order valence-corrected chi connectivity index (χ0v) is 20.5. The Kier molecular flexibility index (Phi) is 9.88. The molecule has 1 fully saturated rings. The van der Waals surface area contributed by atoms with Crippen LogP contribution in [0, 0.1) is 6.92 Å². The summed E-state index contributed by atoms with van der Waals surface area (Å²) < 4.78 is 59.1. The van der Waals surface area contributed by atoms with Gasteiger partial charge in [0.25, 0.3) is 5.56 Å². The molecule has 2 rings (SSSR count). The number of aryl methyl sites for hydroxylation is 1. The second-order valence-corrected chi connectivity index (χ2v) is 11.5. The number of aliphatic hydroxyl groups excluding tert-OH is 1. The van der Waals surface area contributed by atoms with Gasteiger partial charge in [0.2, 0.25) is 5.91 Å². The minimum Gasteiger partial charge on any atom is -0.390 e. The molecule has 35 heavy (non-hydrogen) atoms. The van der Waals surface area contributed by atoms with Crippen LogP contribution in [-0.4, -0.2) is 67.3 Å². The first-order valence-electron chi connectivity index (χ1n) is 9.36. The highest BCUT2D eigenvalue weighted by Crippen LogP contribution is 2.68. The number of hydrogen-bond donors (Lipinski definition) is 7. The van der Waals surface area contributed by atoms with Crippen molar-refractivity contribution in [3.8, 4) is 0 Å². The van der Waals surface area contributed by atoms with E-state index < -0.39 is 78.9 Å². The van der Waals surface area contributed by atoms with E-state index in [4.69, 9.17) is 24.8 Å². The molecule has 0 bridgehead atoms. The summed E-state index contributed by atoms with van der Waals surface area (Å²) in [6.45, 7) is -0.914. The molecule has 200 valence electrons. The van der Waals surface area contributed by atoms with Gasteiger partial charge in [-0.2, -0.15) is 8.62 Å². The molecule has 1 aliphatic rings. The monoisotopic (exact) mass is 568 g/mol. The molecule has 1 saturated heterocycles. The van der Waals surface area contributed by atoms with Crippen LogP contribution < -0.4 is 22.3 Å². The molecule has 19 nitrogen and oxygen atoms in total. The molecule has 8 N–H and O–H groups in total. The van der Waals surface area contributed by atoms with Crippen molar-refractivity contribution in [2.24, 2.45) is 5.73 Å². The van der Waals surface area contributed by atoms with Gasteiger partial charge in [0.05, 0.1) is 19.3 Å². The van der Waals surface area contributed by atoms with Gasteiger partial charge < -0.3 is 35.6 Å². The molecule has 1 aliphatic heterocycles. The van der Waals surface area contributed by atoms with Crippen molar-refractivity contribution < 1.29 is 60.7 Å². The second kappa shape index (κ2) is 11.7. The number of aromatic nitrogens is 2. The van der Waals surface area contributed by atoms with Crippen LogP contribution in [0.1, 0.15) is 18.2 Å². The number of phosphoric acid groups is 3. The van der Waals surface area contributed by atoms with Gasteiger partial charge >= 0.3 is 29.2 Å². The van der Waals surface area contributed by atoms with Crippen LogP contribution in [0.3, 0.4) is 0 Å². The quantitative estimate of drug-likeness (QED) is 0.105. The van der Waals surface area contributed by atoms with Gasteiger partial charge in [-0.1, -0.05) is 0 Å². The number of ether oxygens (including phenoxy) is 1. The maximum Gasteiger partial charge on any atom is 0.490 e. The molecule has 1 aromatic heterocycles. The van der Waals surface area contributed by atoms with Crippen molar-refractivity contribution in [3.63, 3.8) is 0 Å². The van der Waals surface area contributed by atoms with Gasteiger partial charge in [0.15, 0.2) is 0 Å². The van der Waals surface area contributed by atoms with Crippen LogP contribution >= 0.6 is 23.5 Å². The Balaban J connectivity index is 2.15. The molecular formula is C13H23N4O15P3. The van der Waals surface area contributed by atoms with Crippen molar-refractivity contribution >= 4 is 29.4 Å². The maximum absolute atomic E-state index is 12.8. The molecule has 0 aromatic carbocycles. The van der Waals surface area contributed by atoms with E-state index in [0.29, 0.717) is 0 Å². The van der Waals surface area contributed by atoms with E-state index in [2.05, 4.69) is 13.1 Å². The number of phosphoric ester groups is 1. The number of H-pyrrole nitrogens is 1. The zero-order valence-electron chi connectivity index (χ0n) is 17.8. The topological polar surface area (TPSA) is 288 Å². The first-order valence-corrected chi connectivity index (χ1v) is 13.9. The van der Waals surface area contributed by atoms with E-state index in [0.717, 1.165) is 4.57 Å². The summed E-state index contributed by atoms with van der Waals surface area (Å²) in [5.74, 6) is -0.811. The highest BCUT2D eigenvalue weighted by molar-refractivity contribution is 7.66. The van der Waals surface area contributed by atoms with E-state index >= 15 is 0 Å². The van der Waals surface area contributed by atoms with E-state index in [1.165, 1.54) is 13.1 Å². The highest BCUT2D eigenvalue weighted by Gasteiger charge is 2.44. The molecule has 0 aliphatic carbocycles. The summed E-state index contributed by atoms with van der Waals surface area (Å²) in [7, 11) is -16.6. The Hall–Kier alpha value is -1.56.